The number of hydrogen-bond donors (Lipinski definition) is 2. The topological polar surface area (TPSA) is 78.9 Å². The van der Waals surface area contributed by atoms with Gasteiger partial charge in [0, 0.05) is 18.8 Å². The van der Waals surface area contributed by atoms with E-state index in [1.54, 1.807) is 17.0 Å². The van der Waals surface area contributed by atoms with E-state index in [9.17, 15) is 9.59 Å². The van der Waals surface area contributed by atoms with Crippen LogP contribution in [0.3, 0.4) is 0 Å². The largest absolute Gasteiger partial charge is 0.478 e. The van der Waals surface area contributed by atoms with Crippen molar-refractivity contribution in [1.82, 2.24) is 4.90 Å². The molecule has 2 atom stereocenters. The molecule has 2 aliphatic heterocycles. The zero-order valence-electron chi connectivity index (χ0n) is 10.9. The molecule has 6 nitrogen and oxygen atoms in total. The van der Waals surface area contributed by atoms with Crippen LogP contribution in [0.1, 0.15) is 23.2 Å². The molecule has 2 fully saturated rings. The van der Waals surface area contributed by atoms with Gasteiger partial charge in [0.1, 0.15) is 0 Å². The third kappa shape index (κ3) is 2.60. The van der Waals surface area contributed by atoms with E-state index in [0.29, 0.717) is 18.8 Å². The van der Waals surface area contributed by atoms with Crippen molar-refractivity contribution >= 4 is 17.7 Å². The molecule has 0 radical (unpaired) electrons. The highest BCUT2D eigenvalue weighted by atomic mass is 16.5. The van der Waals surface area contributed by atoms with Crippen molar-refractivity contribution in [2.24, 2.45) is 0 Å². The van der Waals surface area contributed by atoms with Gasteiger partial charge in [-0.05, 0) is 37.1 Å². The number of carbonyl (C=O) groups excluding carboxylic acids is 1. The summed E-state index contributed by atoms with van der Waals surface area (Å²) in [4.78, 5) is 24.7. The number of morpholine rings is 1. The summed E-state index contributed by atoms with van der Waals surface area (Å²) in [7, 11) is 0. The molecule has 2 heterocycles. The predicted octanol–water partition coefficient (Wildman–Crippen LogP) is 1.78. The lowest BCUT2D eigenvalue weighted by molar-refractivity contribution is -0.0219. The molecule has 3 rings (SSSR count). The van der Waals surface area contributed by atoms with E-state index in [2.05, 4.69) is 5.32 Å². The van der Waals surface area contributed by atoms with Gasteiger partial charge in [0.15, 0.2) is 0 Å². The van der Waals surface area contributed by atoms with Crippen molar-refractivity contribution in [2.75, 3.05) is 18.4 Å². The average molecular weight is 276 g/mol. The second-order valence-corrected chi connectivity index (χ2v) is 5.18. The first-order valence-electron chi connectivity index (χ1n) is 6.66. The zero-order chi connectivity index (χ0) is 14.1. The van der Waals surface area contributed by atoms with Gasteiger partial charge in [0.2, 0.25) is 0 Å². The Bertz CT molecular complexity index is 516. The molecule has 2 N–H and O–H groups in total. The van der Waals surface area contributed by atoms with E-state index < -0.39 is 5.97 Å². The molecular weight excluding hydrogens is 260 g/mol. The Hall–Kier alpha value is -2.08. The lowest BCUT2D eigenvalue weighted by Gasteiger charge is -2.32. The summed E-state index contributed by atoms with van der Waals surface area (Å²) in [6, 6.07) is 5.97. The molecule has 20 heavy (non-hydrogen) atoms. The molecule has 1 aromatic rings. The second kappa shape index (κ2) is 5.13. The lowest BCUT2D eigenvalue weighted by Crippen LogP contribution is -2.47. The van der Waals surface area contributed by atoms with Crippen LogP contribution in [0.5, 0.6) is 0 Å². The number of benzene rings is 1. The summed E-state index contributed by atoms with van der Waals surface area (Å²) >= 11 is 0. The number of rotatable bonds is 2. The number of hydrogen-bond acceptors (Lipinski definition) is 3. The average Bonchev–Trinajstić information content (AvgIpc) is 2.78. The van der Waals surface area contributed by atoms with E-state index in [1.807, 2.05) is 0 Å². The van der Waals surface area contributed by atoms with Crippen LogP contribution >= 0.6 is 0 Å². The first kappa shape index (κ1) is 12.9. The summed E-state index contributed by atoms with van der Waals surface area (Å²) in [5.74, 6) is -0.979. The van der Waals surface area contributed by atoms with Crippen LogP contribution in [-0.2, 0) is 4.74 Å². The summed E-state index contributed by atoms with van der Waals surface area (Å²) in [6.45, 7) is 1.24. The molecule has 2 aliphatic rings. The maximum atomic E-state index is 12.1. The molecule has 2 unspecified atom stereocenters. The Morgan fingerprint density at radius 1 is 1.15 bits per heavy atom. The molecule has 106 valence electrons. The minimum Gasteiger partial charge on any atom is -0.478 e. The van der Waals surface area contributed by atoms with Crippen LogP contribution in [-0.4, -0.2) is 47.3 Å². The van der Waals surface area contributed by atoms with Gasteiger partial charge in [-0.2, -0.15) is 0 Å². The van der Waals surface area contributed by atoms with Crippen LogP contribution in [0.4, 0.5) is 10.5 Å². The molecule has 0 aliphatic carbocycles. The number of likely N-dealkylation sites (tertiary alicyclic amines) is 1. The number of fused-ring (bicyclic) bond motifs is 2. The number of nitrogens with zero attached hydrogens (tertiary/aromatic N) is 1. The highest BCUT2D eigenvalue weighted by molar-refractivity contribution is 5.91. The monoisotopic (exact) mass is 276 g/mol. The molecule has 6 heteroatoms. The minimum atomic E-state index is -0.979. The molecule has 1 aromatic carbocycles. The van der Waals surface area contributed by atoms with Crippen molar-refractivity contribution in [2.45, 2.75) is 25.0 Å². The number of carbonyl (C=O) groups is 2. The maximum Gasteiger partial charge on any atom is 0.335 e. The van der Waals surface area contributed by atoms with Gasteiger partial charge in [-0.1, -0.05) is 0 Å². The van der Waals surface area contributed by atoms with E-state index in [4.69, 9.17) is 9.84 Å². The van der Waals surface area contributed by atoms with Crippen LogP contribution in [0.2, 0.25) is 0 Å². The summed E-state index contributed by atoms with van der Waals surface area (Å²) in [5, 5.41) is 11.6. The Balaban J connectivity index is 1.62. The van der Waals surface area contributed by atoms with Gasteiger partial charge in [0.05, 0.1) is 17.8 Å². The molecule has 2 amide bonds. The standard InChI is InChI=1S/C14H16N2O4/c17-13(18)9-1-3-10(4-2-9)15-14(19)16-7-11-5-6-12(8-16)20-11/h1-4,11-12H,5-8H2,(H,15,19)(H,17,18). The lowest BCUT2D eigenvalue weighted by atomic mass is 10.2. The summed E-state index contributed by atoms with van der Waals surface area (Å²) in [6.07, 6.45) is 2.35. The predicted molar refractivity (Wildman–Crippen MR) is 71.9 cm³/mol. The number of aromatic carboxylic acids is 1. The zero-order valence-corrected chi connectivity index (χ0v) is 10.9. The Kier molecular flexibility index (Phi) is 3.31. The molecule has 0 spiro atoms. The van der Waals surface area contributed by atoms with Crippen molar-refractivity contribution in [3.05, 3.63) is 29.8 Å². The molecule has 0 aromatic heterocycles. The number of amides is 2. The van der Waals surface area contributed by atoms with Crippen LogP contribution in [0.25, 0.3) is 0 Å². The SMILES string of the molecule is O=C(O)c1ccc(NC(=O)N2CC3CCC(C2)O3)cc1. The summed E-state index contributed by atoms with van der Waals surface area (Å²) < 4.78 is 5.68. The van der Waals surface area contributed by atoms with Gasteiger partial charge in [-0.15, -0.1) is 0 Å². The van der Waals surface area contributed by atoms with E-state index in [-0.39, 0.29) is 23.8 Å². The number of urea groups is 1. The van der Waals surface area contributed by atoms with Crippen molar-refractivity contribution in [3.8, 4) is 0 Å². The molecular formula is C14H16N2O4. The first-order chi connectivity index (χ1) is 9.61. The van der Waals surface area contributed by atoms with Crippen molar-refractivity contribution < 1.29 is 19.4 Å². The van der Waals surface area contributed by atoms with E-state index in [0.717, 1.165) is 12.8 Å². The van der Waals surface area contributed by atoms with Crippen LogP contribution < -0.4 is 5.32 Å². The number of anilines is 1. The minimum absolute atomic E-state index is 0.159. The van der Waals surface area contributed by atoms with Crippen molar-refractivity contribution in [3.63, 3.8) is 0 Å². The third-order valence-corrected chi connectivity index (χ3v) is 3.71. The normalized spacial score (nSPS) is 24.5. The maximum absolute atomic E-state index is 12.1. The highest BCUT2D eigenvalue weighted by Crippen LogP contribution is 2.26. The van der Waals surface area contributed by atoms with E-state index in [1.165, 1.54) is 12.1 Å². The third-order valence-electron chi connectivity index (χ3n) is 3.71. The number of ether oxygens (including phenoxy) is 1. The van der Waals surface area contributed by atoms with Gasteiger partial charge < -0.3 is 20.1 Å². The van der Waals surface area contributed by atoms with Gasteiger partial charge in [-0.3, -0.25) is 0 Å². The quantitative estimate of drug-likeness (QED) is 0.863. The van der Waals surface area contributed by atoms with Gasteiger partial charge in [0.25, 0.3) is 0 Å². The fourth-order valence-corrected chi connectivity index (χ4v) is 2.68. The summed E-state index contributed by atoms with van der Waals surface area (Å²) in [5.41, 5.74) is 0.797. The second-order valence-electron chi connectivity index (χ2n) is 5.18. The number of carboxylic acid groups (broad SMARTS) is 1. The highest BCUT2D eigenvalue weighted by Gasteiger charge is 2.35. The van der Waals surface area contributed by atoms with Crippen LogP contribution in [0.15, 0.2) is 24.3 Å². The smallest absolute Gasteiger partial charge is 0.335 e. The van der Waals surface area contributed by atoms with E-state index >= 15 is 0 Å². The van der Waals surface area contributed by atoms with Gasteiger partial charge in [-0.25, -0.2) is 9.59 Å². The first-order valence-corrected chi connectivity index (χ1v) is 6.66. The number of carboxylic acids is 1. The molecule has 2 bridgehead atoms. The fraction of sp³-hybridized carbons (Fsp3) is 0.429. The molecule has 2 saturated heterocycles. The number of nitrogens with one attached hydrogen (secondary N) is 1. The molecule has 0 saturated carbocycles. The Labute approximate surface area is 116 Å². The fourth-order valence-electron chi connectivity index (χ4n) is 2.68. The Morgan fingerprint density at radius 2 is 1.75 bits per heavy atom. The van der Waals surface area contributed by atoms with Crippen LogP contribution in [0, 0.1) is 0 Å². The van der Waals surface area contributed by atoms with Crippen molar-refractivity contribution in [1.29, 1.82) is 0 Å². The Morgan fingerprint density at radius 3 is 2.30 bits per heavy atom. The van der Waals surface area contributed by atoms with Gasteiger partial charge >= 0.3 is 12.0 Å².